The normalized spacial score (nSPS) is 13.7. The van der Waals surface area contributed by atoms with E-state index in [1.165, 1.54) is 12.1 Å². The predicted molar refractivity (Wildman–Crippen MR) is 74.1 cm³/mol. The Morgan fingerprint density at radius 2 is 2.00 bits per heavy atom. The van der Waals surface area contributed by atoms with Gasteiger partial charge in [-0.05, 0) is 36.6 Å². The lowest BCUT2D eigenvalue weighted by atomic mass is 9.86. The number of hydrogen-bond acceptors (Lipinski definition) is 2. The maximum Gasteiger partial charge on any atom is 0.123 e. The highest BCUT2D eigenvalue weighted by molar-refractivity contribution is 9.10. The van der Waals surface area contributed by atoms with Crippen LogP contribution in [0.5, 0.6) is 0 Å². The molecule has 0 spiro atoms. The average molecular weight is 319 g/mol. The Balaban J connectivity index is 2.92. The summed E-state index contributed by atoms with van der Waals surface area (Å²) < 4.78 is 19.5. The summed E-state index contributed by atoms with van der Waals surface area (Å²) in [5.41, 5.74) is 0.192. The predicted octanol–water partition coefficient (Wildman–Crippen LogP) is 3.70. The zero-order valence-electron chi connectivity index (χ0n) is 11.0. The molecule has 1 N–H and O–H groups in total. The Bertz CT molecular complexity index is 383. The first-order chi connectivity index (χ1) is 8.49. The van der Waals surface area contributed by atoms with E-state index in [0.29, 0.717) is 19.3 Å². The van der Waals surface area contributed by atoms with Gasteiger partial charge in [-0.2, -0.15) is 0 Å². The first-order valence-electron chi connectivity index (χ1n) is 6.16. The lowest BCUT2D eigenvalue weighted by Gasteiger charge is -2.35. The van der Waals surface area contributed by atoms with Gasteiger partial charge in [0.2, 0.25) is 0 Å². The molecule has 0 aromatic heterocycles. The minimum atomic E-state index is -0.657. The summed E-state index contributed by atoms with van der Waals surface area (Å²) >= 11 is 3.37. The number of aliphatic hydroxyl groups is 1. The number of ether oxygens (including phenoxy) is 1. The van der Waals surface area contributed by atoms with Gasteiger partial charge in [-0.15, -0.1) is 0 Å². The summed E-state index contributed by atoms with van der Waals surface area (Å²) in [4.78, 5) is 0. The molecule has 1 atom stereocenters. The van der Waals surface area contributed by atoms with Gasteiger partial charge < -0.3 is 9.84 Å². The molecule has 0 amide bonds. The van der Waals surface area contributed by atoms with Gasteiger partial charge in [0.1, 0.15) is 5.82 Å². The van der Waals surface area contributed by atoms with Crippen molar-refractivity contribution in [1.29, 1.82) is 0 Å². The lowest BCUT2D eigenvalue weighted by Crippen LogP contribution is -2.44. The zero-order valence-corrected chi connectivity index (χ0v) is 12.6. The highest BCUT2D eigenvalue weighted by Crippen LogP contribution is 2.28. The highest BCUT2D eigenvalue weighted by atomic mass is 79.9. The van der Waals surface area contributed by atoms with Crippen LogP contribution in [0.25, 0.3) is 0 Å². The number of benzene rings is 1. The second-order valence-corrected chi connectivity index (χ2v) is 5.29. The lowest BCUT2D eigenvalue weighted by molar-refractivity contribution is -0.106. The van der Waals surface area contributed by atoms with Gasteiger partial charge >= 0.3 is 0 Å². The molecule has 1 aromatic rings. The summed E-state index contributed by atoms with van der Waals surface area (Å²) in [6, 6.07) is 4.49. The first-order valence-corrected chi connectivity index (χ1v) is 6.95. The van der Waals surface area contributed by atoms with Crippen LogP contribution in [-0.2, 0) is 11.2 Å². The van der Waals surface area contributed by atoms with Crippen LogP contribution in [0.15, 0.2) is 22.7 Å². The Kier molecular flexibility index (Phi) is 5.76. The second-order valence-electron chi connectivity index (χ2n) is 4.43. The third-order valence-electron chi connectivity index (χ3n) is 3.63. The minimum Gasteiger partial charge on any atom is -0.390 e. The van der Waals surface area contributed by atoms with Crippen LogP contribution < -0.4 is 0 Å². The molecule has 0 saturated heterocycles. The molecule has 0 aliphatic rings. The van der Waals surface area contributed by atoms with Crippen molar-refractivity contribution in [1.82, 2.24) is 0 Å². The van der Waals surface area contributed by atoms with Crippen molar-refractivity contribution in [3.63, 3.8) is 0 Å². The fraction of sp³-hybridized carbons (Fsp3) is 0.571. The summed E-state index contributed by atoms with van der Waals surface area (Å²) in [5, 5.41) is 10.4. The third kappa shape index (κ3) is 3.31. The van der Waals surface area contributed by atoms with Gasteiger partial charge in [-0.25, -0.2) is 4.39 Å². The van der Waals surface area contributed by atoms with Crippen molar-refractivity contribution < 1.29 is 14.2 Å². The quantitative estimate of drug-likeness (QED) is 0.866. The summed E-state index contributed by atoms with van der Waals surface area (Å²) in [5.74, 6) is -0.295. The molecule has 0 fully saturated rings. The van der Waals surface area contributed by atoms with Gasteiger partial charge in [-0.1, -0.05) is 29.8 Å². The fourth-order valence-electron chi connectivity index (χ4n) is 2.24. The van der Waals surface area contributed by atoms with Crippen LogP contribution >= 0.6 is 15.9 Å². The number of aliphatic hydroxyl groups excluding tert-OH is 1. The summed E-state index contributed by atoms with van der Waals surface area (Å²) in [7, 11) is 1.61. The molecule has 2 nitrogen and oxygen atoms in total. The number of halogens is 2. The van der Waals surface area contributed by atoms with Gasteiger partial charge in [0.25, 0.3) is 0 Å². The molecule has 0 bridgehead atoms. The van der Waals surface area contributed by atoms with Crippen molar-refractivity contribution in [2.24, 2.45) is 0 Å². The maximum absolute atomic E-state index is 13.2. The molecular weight excluding hydrogens is 299 g/mol. The second kappa shape index (κ2) is 6.64. The van der Waals surface area contributed by atoms with Gasteiger partial charge in [0.05, 0.1) is 11.7 Å². The van der Waals surface area contributed by atoms with Crippen LogP contribution in [0, 0.1) is 5.82 Å². The number of hydrogen-bond donors (Lipinski definition) is 1. The van der Waals surface area contributed by atoms with E-state index in [1.54, 1.807) is 13.2 Å². The molecule has 4 heteroatoms. The number of rotatable bonds is 6. The zero-order chi connectivity index (χ0) is 13.8. The van der Waals surface area contributed by atoms with E-state index in [-0.39, 0.29) is 5.82 Å². The topological polar surface area (TPSA) is 29.5 Å². The molecule has 102 valence electrons. The average Bonchev–Trinajstić information content (AvgIpc) is 2.37. The van der Waals surface area contributed by atoms with Crippen molar-refractivity contribution >= 4 is 15.9 Å². The summed E-state index contributed by atoms with van der Waals surface area (Å²) in [6.45, 7) is 3.97. The standard InChI is InChI=1S/C14H20BrFO2/c1-4-14(5-2,18-3)13(17)9-10-8-11(16)6-7-12(10)15/h6-8,13,17H,4-5,9H2,1-3H3. The van der Waals surface area contributed by atoms with E-state index in [2.05, 4.69) is 15.9 Å². The van der Waals surface area contributed by atoms with Crippen LogP contribution in [0.1, 0.15) is 32.3 Å². The van der Waals surface area contributed by atoms with Crippen molar-refractivity contribution in [2.75, 3.05) is 7.11 Å². The molecule has 1 unspecified atom stereocenters. The molecule has 0 saturated carbocycles. The Hall–Kier alpha value is -0.450. The van der Waals surface area contributed by atoms with E-state index >= 15 is 0 Å². The van der Waals surface area contributed by atoms with Gasteiger partial charge in [-0.3, -0.25) is 0 Å². The molecular formula is C14H20BrFO2. The smallest absolute Gasteiger partial charge is 0.123 e. The molecule has 18 heavy (non-hydrogen) atoms. The molecule has 0 heterocycles. The number of methoxy groups -OCH3 is 1. The molecule has 0 radical (unpaired) electrons. The molecule has 0 aliphatic heterocycles. The Morgan fingerprint density at radius 3 is 2.50 bits per heavy atom. The molecule has 1 aromatic carbocycles. The monoisotopic (exact) mass is 318 g/mol. The van der Waals surface area contributed by atoms with E-state index in [0.717, 1.165) is 10.0 Å². The highest BCUT2D eigenvalue weighted by Gasteiger charge is 2.34. The van der Waals surface area contributed by atoms with Crippen molar-refractivity contribution in [2.45, 2.75) is 44.8 Å². The van der Waals surface area contributed by atoms with Gasteiger partial charge in [0.15, 0.2) is 0 Å². The van der Waals surface area contributed by atoms with E-state index in [9.17, 15) is 9.50 Å². The fourth-order valence-corrected chi connectivity index (χ4v) is 2.65. The van der Waals surface area contributed by atoms with Gasteiger partial charge in [0, 0.05) is 18.0 Å². The van der Waals surface area contributed by atoms with Crippen molar-refractivity contribution in [3.8, 4) is 0 Å². The first kappa shape index (κ1) is 15.6. The Morgan fingerprint density at radius 1 is 1.39 bits per heavy atom. The van der Waals surface area contributed by atoms with Crippen LogP contribution in [-0.4, -0.2) is 23.9 Å². The van der Waals surface area contributed by atoms with Crippen LogP contribution in [0.3, 0.4) is 0 Å². The van der Waals surface area contributed by atoms with Crippen molar-refractivity contribution in [3.05, 3.63) is 34.1 Å². The maximum atomic E-state index is 13.2. The molecule has 1 rings (SSSR count). The Labute approximate surface area is 116 Å². The van der Waals surface area contributed by atoms with E-state index < -0.39 is 11.7 Å². The van der Waals surface area contributed by atoms with Crippen LogP contribution in [0.4, 0.5) is 4.39 Å². The minimum absolute atomic E-state index is 0.295. The molecule has 0 aliphatic carbocycles. The van der Waals surface area contributed by atoms with Crippen LogP contribution in [0.2, 0.25) is 0 Å². The third-order valence-corrected chi connectivity index (χ3v) is 4.41. The summed E-state index contributed by atoms with van der Waals surface area (Å²) in [6.07, 6.45) is 1.14. The van der Waals surface area contributed by atoms with E-state index in [4.69, 9.17) is 4.74 Å². The largest absolute Gasteiger partial charge is 0.390 e. The van der Waals surface area contributed by atoms with E-state index in [1.807, 2.05) is 13.8 Å². The SMILES string of the molecule is CCC(CC)(OC)C(O)Cc1cc(F)ccc1Br.